The molecule has 6 heteroatoms. The van der Waals surface area contributed by atoms with E-state index in [4.69, 9.17) is 11.6 Å². The number of hydrogen-bond acceptors (Lipinski definition) is 3. The minimum Gasteiger partial charge on any atom is -0.310 e. The molecule has 0 spiro atoms. The first kappa shape index (κ1) is 12.6. The average molecular weight is 266 g/mol. The minimum absolute atomic E-state index is 0.393. The smallest absolute Gasteiger partial charge is 0.310 e. The van der Waals surface area contributed by atoms with Crippen LogP contribution in [0.2, 0.25) is 5.02 Å². The zero-order valence-corrected chi connectivity index (χ0v) is 10.3. The Morgan fingerprint density at radius 3 is 2.61 bits per heavy atom. The first-order chi connectivity index (χ1) is 8.65. The number of halogens is 1. The molecular weight excluding hydrogens is 254 g/mol. The lowest BCUT2D eigenvalue weighted by Crippen LogP contribution is -2.25. The zero-order chi connectivity index (χ0) is 13.0. The molecule has 0 saturated heterocycles. The lowest BCUT2D eigenvalue weighted by molar-refractivity contribution is 0.673. The molecule has 0 saturated carbocycles. The molecule has 1 aromatic heterocycles. The quantitative estimate of drug-likeness (QED) is 0.772. The highest BCUT2D eigenvalue weighted by Gasteiger charge is 2.00. The van der Waals surface area contributed by atoms with Gasteiger partial charge in [-0.15, -0.1) is 0 Å². The zero-order valence-electron chi connectivity index (χ0n) is 9.50. The Kier molecular flexibility index (Phi) is 3.96. The summed E-state index contributed by atoms with van der Waals surface area (Å²) in [5.41, 5.74) is 0.590. The van der Waals surface area contributed by atoms with Crippen LogP contribution in [0.3, 0.4) is 0 Å². The van der Waals surface area contributed by atoms with Crippen LogP contribution in [0, 0.1) is 0 Å². The molecule has 0 atom stereocenters. The highest BCUT2D eigenvalue weighted by atomic mass is 35.5. The lowest BCUT2D eigenvalue weighted by Gasteiger charge is -2.06. The Bertz CT molecular complexity index is 620. The Morgan fingerprint density at radius 2 is 1.89 bits per heavy atom. The van der Waals surface area contributed by atoms with E-state index in [-0.39, 0.29) is 0 Å². The van der Waals surface area contributed by atoms with Gasteiger partial charge in [-0.2, -0.15) is 0 Å². The summed E-state index contributed by atoms with van der Waals surface area (Å²) in [6.07, 6.45) is 0. The van der Waals surface area contributed by atoms with Crippen LogP contribution in [-0.2, 0) is 13.1 Å². The van der Waals surface area contributed by atoms with Crippen molar-refractivity contribution in [2.24, 2.45) is 0 Å². The van der Waals surface area contributed by atoms with E-state index >= 15 is 0 Å². The third-order valence-electron chi connectivity index (χ3n) is 2.40. The summed E-state index contributed by atoms with van der Waals surface area (Å²) in [7, 11) is 0. The summed E-state index contributed by atoms with van der Waals surface area (Å²) in [5.74, 6) is 0. The topological polar surface area (TPSA) is 77.8 Å². The van der Waals surface area contributed by atoms with Crippen LogP contribution in [0.4, 0.5) is 0 Å². The SMILES string of the molecule is O=c1cc(CNCc2ccccc2Cl)[nH]c(=O)[nH]1. The second-order valence-corrected chi connectivity index (χ2v) is 4.22. The first-order valence-electron chi connectivity index (χ1n) is 5.42. The molecule has 0 aliphatic carbocycles. The fourth-order valence-corrected chi connectivity index (χ4v) is 1.79. The van der Waals surface area contributed by atoms with E-state index in [1.165, 1.54) is 6.07 Å². The molecule has 94 valence electrons. The van der Waals surface area contributed by atoms with Crippen molar-refractivity contribution in [3.05, 3.63) is 67.4 Å². The van der Waals surface area contributed by atoms with Gasteiger partial charge in [0.05, 0.1) is 0 Å². The highest BCUT2D eigenvalue weighted by molar-refractivity contribution is 6.31. The molecule has 0 amide bonds. The predicted molar refractivity (Wildman–Crippen MR) is 69.7 cm³/mol. The van der Waals surface area contributed by atoms with E-state index in [0.29, 0.717) is 23.8 Å². The van der Waals surface area contributed by atoms with E-state index in [9.17, 15) is 9.59 Å². The summed E-state index contributed by atoms with van der Waals surface area (Å²) >= 11 is 6.00. The van der Waals surface area contributed by atoms with Gasteiger partial charge in [0.2, 0.25) is 0 Å². The van der Waals surface area contributed by atoms with Crippen LogP contribution in [0.1, 0.15) is 11.3 Å². The normalized spacial score (nSPS) is 10.5. The van der Waals surface area contributed by atoms with Crippen molar-refractivity contribution < 1.29 is 0 Å². The third-order valence-corrected chi connectivity index (χ3v) is 2.77. The van der Waals surface area contributed by atoms with E-state index in [0.717, 1.165) is 5.56 Å². The van der Waals surface area contributed by atoms with E-state index in [1.54, 1.807) is 0 Å². The van der Waals surface area contributed by atoms with Crippen molar-refractivity contribution in [1.29, 1.82) is 0 Å². The molecule has 0 aliphatic heterocycles. The van der Waals surface area contributed by atoms with Crippen LogP contribution < -0.4 is 16.6 Å². The van der Waals surface area contributed by atoms with Gasteiger partial charge in [0.25, 0.3) is 5.56 Å². The largest absolute Gasteiger partial charge is 0.325 e. The van der Waals surface area contributed by atoms with Crippen LogP contribution in [0.25, 0.3) is 0 Å². The van der Waals surface area contributed by atoms with Crippen molar-refractivity contribution >= 4 is 11.6 Å². The number of nitrogens with one attached hydrogen (secondary N) is 3. The standard InChI is InChI=1S/C12H12ClN3O2/c13-10-4-2-1-3-8(10)6-14-7-9-5-11(17)16-12(18)15-9/h1-5,14H,6-7H2,(H2,15,16,17,18). The average Bonchev–Trinajstić information content (AvgIpc) is 2.30. The van der Waals surface area contributed by atoms with Crippen molar-refractivity contribution in [3.63, 3.8) is 0 Å². The Hall–Kier alpha value is -1.85. The third kappa shape index (κ3) is 3.32. The Labute approximate surface area is 108 Å². The highest BCUT2D eigenvalue weighted by Crippen LogP contribution is 2.14. The summed E-state index contributed by atoms with van der Waals surface area (Å²) < 4.78 is 0. The van der Waals surface area contributed by atoms with Gasteiger partial charge in [-0.1, -0.05) is 29.8 Å². The summed E-state index contributed by atoms with van der Waals surface area (Å²) in [6.45, 7) is 0.957. The van der Waals surface area contributed by atoms with Crippen molar-refractivity contribution in [2.75, 3.05) is 0 Å². The maximum atomic E-state index is 11.1. The van der Waals surface area contributed by atoms with Crippen LogP contribution in [0.5, 0.6) is 0 Å². The van der Waals surface area contributed by atoms with E-state index in [1.807, 2.05) is 24.3 Å². The molecule has 0 aliphatic rings. The number of benzene rings is 1. The second kappa shape index (κ2) is 5.66. The fourth-order valence-electron chi connectivity index (χ4n) is 1.59. The van der Waals surface area contributed by atoms with Gasteiger partial charge >= 0.3 is 5.69 Å². The number of aromatic nitrogens is 2. The molecule has 0 radical (unpaired) electrons. The molecule has 0 unspecified atom stereocenters. The summed E-state index contributed by atoms with van der Waals surface area (Å²) in [5, 5.41) is 3.79. The van der Waals surface area contributed by atoms with Gasteiger partial charge < -0.3 is 10.3 Å². The van der Waals surface area contributed by atoms with Gasteiger partial charge in [-0.05, 0) is 11.6 Å². The van der Waals surface area contributed by atoms with Gasteiger partial charge in [-0.3, -0.25) is 9.78 Å². The molecule has 0 bridgehead atoms. The van der Waals surface area contributed by atoms with Crippen molar-refractivity contribution in [1.82, 2.24) is 15.3 Å². The maximum absolute atomic E-state index is 11.1. The lowest BCUT2D eigenvalue weighted by atomic mass is 10.2. The summed E-state index contributed by atoms with van der Waals surface area (Å²) in [4.78, 5) is 26.8. The van der Waals surface area contributed by atoms with Gasteiger partial charge in [0.1, 0.15) is 0 Å². The van der Waals surface area contributed by atoms with Gasteiger partial charge in [-0.25, -0.2) is 4.79 Å². The molecule has 2 aromatic rings. The molecule has 1 heterocycles. The minimum atomic E-state index is -0.503. The van der Waals surface area contributed by atoms with Crippen LogP contribution in [0.15, 0.2) is 39.9 Å². The molecule has 18 heavy (non-hydrogen) atoms. The van der Waals surface area contributed by atoms with Crippen LogP contribution in [-0.4, -0.2) is 9.97 Å². The van der Waals surface area contributed by atoms with E-state index in [2.05, 4.69) is 15.3 Å². The Balaban J connectivity index is 1.99. The molecular formula is C12H12ClN3O2. The summed E-state index contributed by atoms with van der Waals surface area (Å²) in [6, 6.07) is 8.84. The predicted octanol–water partition coefficient (Wildman–Crippen LogP) is 1.01. The van der Waals surface area contributed by atoms with E-state index < -0.39 is 11.2 Å². The molecule has 1 aromatic carbocycles. The number of H-pyrrole nitrogens is 2. The molecule has 0 fully saturated rings. The number of aromatic amines is 2. The number of hydrogen-bond donors (Lipinski definition) is 3. The van der Waals surface area contributed by atoms with Crippen molar-refractivity contribution in [3.8, 4) is 0 Å². The van der Waals surface area contributed by atoms with Crippen LogP contribution >= 0.6 is 11.6 Å². The van der Waals surface area contributed by atoms with Crippen molar-refractivity contribution in [2.45, 2.75) is 13.1 Å². The molecule has 2 rings (SSSR count). The maximum Gasteiger partial charge on any atom is 0.325 e. The monoisotopic (exact) mass is 265 g/mol. The van der Waals surface area contributed by atoms with Gasteiger partial charge in [0, 0.05) is 29.9 Å². The fraction of sp³-hybridized carbons (Fsp3) is 0.167. The first-order valence-corrected chi connectivity index (χ1v) is 5.79. The second-order valence-electron chi connectivity index (χ2n) is 3.81. The Morgan fingerprint density at radius 1 is 1.11 bits per heavy atom. The number of rotatable bonds is 4. The molecule has 3 N–H and O–H groups in total. The van der Waals surface area contributed by atoms with Gasteiger partial charge in [0.15, 0.2) is 0 Å². The molecule has 5 nitrogen and oxygen atoms in total.